The summed E-state index contributed by atoms with van der Waals surface area (Å²) in [7, 11) is 4.44. The van der Waals surface area contributed by atoms with Crippen molar-refractivity contribution in [2.75, 3.05) is 34.0 Å². The van der Waals surface area contributed by atoms with Crippen LogP contribution in [0.2, 0.25) is 5.54 Å². The van der Waals surface area contributed by atoms with E-state index in [0.717, 1.165) is 36.5 Å². The summed E-state index contributed by atoms with van der Waals surface area (Å²) in [6.07, 6.45) is 1.20. The third-order valence-electron chi connectivity index (χ3n) is 2.23. The van der Waals surface area contributed by atoms with Crippen LogP contribution in [0.5, 0.6) is 0 Å². The van der Waals surface area contributed by atoms with Crippen molar-refractivity contribution in [3.05, 3.63) is 0 Å². The summed E-state index contributed by atoms with van der Waals surface area (Å²) in [5.41, 5.74) is 0.582. The zero-order valence-electron chi connectivity index (χ0n) is 9.19. The summed E-state index contributed by atoms with van der Waals surface area (Å²) in [5.74, 6) is 0. The molecule has 1 aliphatic heterocycles. The van der Waals surface area contributed by atoms with Crippen LogP contribution in [0.1, 0.15) is 6.42 Å². The van der Waals surface area contributed by atoms with Crippen molar-refractivity contribution in [1.82, 2.24) is 0 Å². The van der Waals surface area contributed by atoms with Crippen molar-refractivity contribution < 1.29 is 18.9 Å². The predicted molar refractivity (Wildman–Crippen MR) is 56.7 cm³/mol. The fourth-order valence-electron chi connectivity index (χ4n) is 1.25. The highest BCUT2D eigenvalue weighted by Gasteiger charge is 2.22. The lowest BCUT2D eigenvalue weighted by Gasteiger charge is -2.18. The molecule has 1 fully saturated rings. The lowest BCUT2D eigenvalue weighted by molar-refractivity contribution is -0.108. The lowest BCUT2D eigenvalue weighted by Crippen LogP contribution is -2.18. The van der Waals surface area contributed by atoms with Gasteiger partial charge in [0.2, 0.25) is 0 Å². The van der Waals surface area contributed by atoms with E-state index in [-0.39, 0.29) is 6.29 Å². The fraction of sp³-hybridized carbons (Fsp3) is 1.00. The maximum atomic E-state index is 5.51. The van der Waals surface area contributed by atoms with Gasteiger partial charge in [-0.05, 0) is 5.54 Å². The minimum absolute atomic E-state index is 0.0849. The van der Waals surface area contributed by atoms with Crippen molar-refractivity contribution in [3.8, 4) is 0 Å². The molecule has 0 aromatic carbocycles. The van der Waals surface area contributed by atoms with E-state index < -0.39 is 0 Å². The second kappa shape index (κ2) is 6.52. The minimum Gasteiger partial charge on any atom is -0.379 e. The SMILES string of the molecule is COC(CC([SiH3])COCC1CO1)OC. The van der Waals surface area contributed by atoms with E-state index in [2.05, 4.69) is 0 Å². The van der Waals surface area contributed by atoms with Gasteiger partial charge in [0, 0.05) is 37.5 Å². The van der Waals surface area contributed by atoms with E-state index >= 15 is 0 Å². The number of ether oxygens (including phenoxy) is 4. The molecule has 0 aliphatic carbocycles. The molecule has 5 heteroatoms. The Kier molecular flexibility index (Phi) is 5.65. The van der Waals surface area contributed by atoms with Gasteiger partial charge in [0.1, 0.15) is 6.10 Å². The molecule has 0 spiro atoms. The Hall–Kier alpha value is 0.0569. The molecule has 2 atom stereocenters. The first-order valence-electron chi connectivity index (χ1n) is 5.01. The molecule has 0 N–H and O–H groups in total. The lowest BCUT2D eigenvalue weighted by atomic mass is 10.3. The summed E-state index contributed by atoms with van der Waals surface area (Å²) < 4.78 is 20.8. The molecule has 0 bridgehead atoms. The van der Waals surface area contributed by atoms with Crippen LogP contribution in [0.15, 0.2) is 0 Å². The van der Waals surface area contributed by atoms with Crippen LogP contribution in [-0.2, 0) is 18.9 Å². The Morgan fingerprint density at radius 1 is 1.43 bits per heavy atom. The summed E-state index contributed by atoms with van der Waals surface area (Å²) >= 11 is 0. The standard InChI is InChI=1S/C9H20O4Si/c1-10-9(11-2)3-8(14)6-12-4-7-5-13-7/h7-9H,3-6H2,1-2,14H3. The first-order chi connectivity index (χ1) is 6.76. The van der Waals surface area contributed by atoms with E-state index in [0.29, 0.717) is 11.6 Å². The van der Waals surface area contributed by atoms with Crippen LogP contribution in [0.3, 0.4) is 0 Å². The molecule has 1 heterocycles. The molecule has 0 amide bonds. The average Bonchev–Trinajstić information content (AvgIpc) is 2.98. The van der Waals surface area contributed by atoms with Crippen LogP contribution >= 0.6 is 0 Å². The van der Waals surface area contributed by atoms with E-state index in [1.54, 1.807) is 14.2 Å². The van der Waals surface area contributed by atoms with Crippen LogP contribution in [0.25, 0.3) is 0 Å². The number of rotatable bonds is 8. The Labute approximate surface area is 88.3 Å². The summed E-state index contributed by atoms with van der Waals surface area (Å²) in [4.78, 5) is 0. The monoisotopic (exact) mass is 220 g/mol. The van der Waals surface area contributed by atoms with Gasteiger partial charge in [-0.1, -0.05) is 0 Å². The first-order valence-corrected chi connectivity index (χ1v) is 6.16. The predicted octanol–water partition coefficient (Wildman–Crippen LogP) is -0.435. The minimum atomic E-state index is -0.0849. The van der Waals surface area contributed by atoms with E-state index in [4.69, 9.17) is 18.9 Å². The Balaban J connectivity index is 1.98. The molecule has 0 aromatic heterocycles. The highest BCUT2D eigenvalue weighted by molar-refractivity contribution is 6.11. The zero-order chi connectivity index (χ0) is 10.4. The highest BCUT2D eigenvalue weighted by Crippen LogP contribution is 2.14. The Morgan fingerprint density at radius 2 is 2.07 bits per heavy atom. The third kappa shape index (κ3) is 5.07. The molecular weight excluding hydrogens is 200 g/mol. The number of epoxide rings is 1. The van der Waals surface area contributed by atoms with Crippen molar-refractivity contribution in [2.45, 2.75) is 24.4 Å². The molecule has 4 nitrogen and oxygen atoms in total. The first kappa shape index (κ1) is 12.1. The van der Waals surface area contributed by atoms with Crippen molar-refractivity contribution in [1.29, 1.82) is 0 Å². The quantitative estimate of drug-likeness (QED) is 0.316. The van der Waals surface area contributed by atoms with Crippen LogP contribution in [0.4, 0.5) is 0 Å². The maximum absolute atomic E-state index is 5.51. The number of hydrogen-bond donors (Lipinski definition) is 0. The molecule has 2 unspecified atom stereocenters. The molecule has 0 aromatic rings. The van der Waals surface area contributed by atoms with Crippen molar-refractivity contribution in [2.24, 2.45) is 0 Å². The molecular formula is C9H20O4Si. The van der Waals surface area contributed by atoms with E-state index in [1.807, 2.05) is 0 Å². The summed E-state index contributed by atoms with van der Waals surface area (Å²) in [5, 5.41) is 0. The number of hydrogen-bond acceptors (Lipinski definition) is 4. The largest absolute Gasteiger partial charge is 0.379 e. The van der Waals surface area contributed by atoms with Gasteiger partial charge in [-0.3, -0.25) is 0 Å². The second-order valence-corrected chi connectivity index (χ2v) is 5.37. The Bertz CT molecular complexity index is 148. The molecule has 14 heavy (non-hydrogen) atoms. The van der Waals surface area contributed by atoms with Gasteiger partial charge in [-0.25, -0.2) is 0 Å². The summed E-state index contributed by atoms with van der Waals surface area (Å²) in [6.45, 7) is 2.41. The molecule has 1 rings (SSSR count). The number of methoxy groups -OCH3 is 2. The van der Waals surface area contributed by atoms with E-state index in [1.165, 1.54) is 0 Å². The van der Waals surface area contributed by atoms with Crippen molar-refractivity contribution in [3.63, 3.8) is 0 Å². The molecule has 1 saturated heterocycles. The second-order valence-electron chi connectivity index (χ2n) is 3.73. The maximum Gasteiger partial charge on any atom is 0.156 e. The van der Waals surface area contributed by atoms with Gasteiger partial charge < -0.3 is 18.9 Å². The molecule has 1 aliphatic rings. The van der Waals surface area contributed by atoms with Gasteiger partial charge in [0.25, 0.3) is 0 Å². The van der Waals surface area contributed by atoms with Crippen LogP contribution in [0, 0.1) is 0 Å². The van der Waals surface area contributed by atoms with Gasteiger partial charge in [0.15, 0.2) is 6.29 Å². The van der Waals surface area contributed by atoms with Crippen LogP contribution in [-0.4, -0.2) is 56.7 Å². The summed E-state index contributed by atoms with van der Waals surface area (Å²) in [6, 6.07) is 0. The third-order valence-corrected chi connectivity index (χ3v) is 3.03. The fourth-order valence-corrected chi connectivity index (χ4v) is 1.87. The highest BCUT2D eigenvalue weighted by atomic mass is 28.1. The van der Waals surface area contributed by atoms with Gasteiger partial charge in [-0.15, -0.1) is 0 Å². The molecule has 0 saturated carbocycles. The van der Waals surface area contributed by atoms with Gasteiger partial charge >= 0.3 is 0 Å². The normalized spacial score (nSPS) is 22.9. The molecule has 0 radical (unpaired) electrons. The molecule has 84 valence electrons. The smallest absolute Gasteiger partial charge is 0.156 e. The van der Waals surface area contributed by atoms with Gasteiger partial charge in [-0.2, -0.15) is 0 Å². The van der Waals surface area contributed by atoms with Crippen LogP contribution < -0.4 is 0 Å². The average molecular weight is 220 g/mol. The topological polar surface area (TPSA) is 40.2 Å². The zero-order valence-corrected chi connectivity index (χ0v) is 11.2. The van der Waals surface area contributed by atoms with Crippen molar-refractivity contribution >= 4 is 10.2 Å². The van der Waals surface area contributed by atoms with Gasteiger partial charge in [0.05, 0.1) is 13.2 Å². The van der Waals surface area contributed by atoms with E-state index in [9.17, 15) is 0 Å². The Morgan fingerprint density at radius 3 is 2.57 bits per heavy atom.